The van der Waals surface area contributed by atoms with E-state index in [1.54, 1.807) is 12.1 Å². The van der Waals surface area contributed by atoms with Crippen molar-refractivity contribution in [2.45, 2.75) is 25.9 Å². The largest absolute Gasteiger partial charge is 0.423 e. The number of anilines is 1. The van der Waals surface area contributed by atoms with Crippen LogP contribution in [-0.4, -0.2) is 27.7 Å². The van der Waals surface area contributed by atoms with E-state index < -0.39 is 11.0 Å². The minimum atomic E-state index is -0.499. The molecule has 1 heterocycles. The fourth-order valence-electron chi connectivity index (χ4n) is 1.80. The molecule has 19 heavy (non-hydrogen) atoms. The number of nitrogens with one attached hydrogen (secondary N) is 1. The Morgan fingerprint density at radius 1 is 1.58 bits per heavy atom. The lowest BCUT2D eigenvalue weighted by Crippen LogP contribution is -2.19. The first-order chi connectivity index (χ1) is 9.11. The highest BCUT2D eigenvalue weighted by molar-refractivity contribution is 5.83. The van der Waals surface area contributed by atoms with Crippen LogP contribution in [0.15, 0.2) is 22.6 Å². The van der Waals surface area contributed by atoms with Crippen molar-refractivity contribution in [3.63, 3.8) is 0 Å². The van der Waals surface area contributed by atoms with E-state index in [1.165, 1.54) is 6.07 Å². The van der Waals surface area contributed by atoms with Gasteiger partial charge in [0.25, 0.3) is 11.7 Å². The number of nitro groups is 1. The zero-order chi connectivity index (χ0) is 13.8. The summed E-state index contributed by atoms with van der Waals surface area (Å²) in [4.78, 5) is 14.4. The number of nitrogens with zero attached hydrogens (tertiary/aromatic N) is 2. The molecular formula is C12H15N3O4. The Morgan fingerprint density at radius 3 is 3.05 bits per heavy atom. The monoisotopic (exact) mass is 265 g/mol. The topological polar surface area (TPSA) is 101 Å². The number of fused-ring (bicyclic) bond motifs is 1. The number of aliphatic hydroxyl groups is 1. The number of para-hydroxylation sites is 1. The van der Waals surface area contributed by atoms with Crippen molar-refractivity contribution in [2.75, 3.05) is 11.9 Å². The number of non-ortho nitro benzene ring substituents is 1. The Morgan fingerprint density at radius 2 is 2.37 bits per heavy atom. The molecule has 0 fully saturated rings. The molecule has 0 saturated heterocycles. The highest BCUT2D eigenvalue weighted by Crippen LogP contribution is 2.27. The van der Waals surface area contributed by atoms with Gasteiger partial charge in [-0.05, 0) is 12.5 Å². The molecule has 1 aromatic carbocycles. The van der Waals surface area contributed by atoms with Crippen molar-refractivity contribution in [3.8, 4) is 0 Å². The Balaban J connectivity index is 2.17. The summed E-state index contributed by atoms with van der Waals surface area (Å²) in [6.45, 7) is 2.28. The third-order valence-electron chi connectivity index (χ3n) is 2.71. The summed E-state index contributed by atoms with van der Waals surface area (Å²) < 4.78 is 5.35. The van der Waals surface area contributed by atoms with Crippen molar-refractivity contribution in [1.82, 2.24) is 4.98 Å². The predicted octanol–water partition coefficient (Wildman–Crippen LogP) is 2.31. The zero-order valence-electron chi connectivity index (χ0n) is 10.5. The number of nitro benzene ring substituents is 1. The van der Waals surface area contributed by atoms with Gasteiger partial charge in [-0.2, -0.15) is 4.98 Å². The van der Waals surface area contributed by atoms with Crippen LogP contribution < -0.4 is 5.32 Å². The number of benzene rings is 1. The molecule has 0 aliphatic rings. The molecule has 102 valence electrons. The molecule has 1 atom stereocenters. The molecule has 0 aliphatic carbocycles. The minimum Gasteiger partial charge on any atom is -0.423 e. The van der Waals surface area contributed by atoms with E-state index in [0.29, 0.717) is 18.5 Å². The van der Waals surface area contributed by atoms with Crippen molar-refractivity contribution in [1.29, 1.82) is 0 Å². The van der Waals surface area contributed by atoms with Gasteiger partial charge in [0.05, 0.1) is 11.0 Å². The second-order valence-corrected chi connectivity index (χ2v) is 4.22. The molecule has 7 nitrogen and oxygen atoms in total. The van der Waals surface area contributed by atoms with Gasteiger partial charge in [0, 0.05) is 12.6 Å². The number of rotatable bonds is 6. The molecule has 7 heteroatoms. The first-order valence-electron chi connectivity index (χ1n) is 6.07. The van der Waals surface area contributed by atoms with Gasteiger partial charge in [-0.3, -0.25) is 10.1 Å². The van der Waals surface area contributed by atoms with Crippen molar-refractivity contribution < 1.29 is 14.4 Å². The second kappa shape index (κ2) is 5.66. The van der Waals surface area contributed by atoms with Gasteiger partial charge in [0.15, 0.2) is 11.1 Å². The maximum atomic E-state index is 10.8. The average molecular weight is 265 g/mol. The first-order valence-corrected chi connectivity index (χ1v) is 6.07. The van der Waals surface area contributed by atoms with Gasteiger partial charge >= 0.3 is 0 Å². The van der Waals surface area contributed by atoms with Gasteiger partial charge in [-0.25, -0.2) is 0 Å². The third-order valence-corrected chi connectivity index (χ3v) is 2.71. The van der Waals surface area contributed by atoms with Gasteiger partial charge in [0.2, 0.25) is 0 Å². The van der Waals surface area contributed by atoms with Crippen LogP contribution in [0, 0.1) is 10.1 Å². The number of aromatic nitrogens is 1. The van der Waals surface area contributed by atoms with Gasteiger partial charge in [-0.1, -0.05) is 19.4 Å². The molecule has 0 amide bonds. The highest BCUT2D eigenvalue weighted by Gasteiger charge is 2.17. The van der Waals surface area contributed by atoms with Crippen LogP contribution in [0.5, 0.6) is 0 Å². The molecule has 0 aliphatic heterocycles. The molecule has 2 rings (SSSR count). The normalized spacial score (nSPS) is 12.5. The SMILES string of the molecule is CCCC(O)CNc1nc2c([N+](=O)[O-])cccc2o1. The van der Waals surface area contributed by atoms with E-state index in [-0.39, 0.29) is 17.2 Å². The van der Waals surface area contributed by atoms with Crippen molar-refractivity contribution in [3.05, 3.63) is 28.3 Å². The summed E-state index contributed by atoms with van der Waals surface area (Å²) in [7, 11) is 0. The van der Waals surface area contributed by atoms with Crippen LogP contribution in [0.2, 0.25) is 0 Å². The lowest BCUT2D eigenvalue weighted by Gasteiger charge is -2.08. The zero-order valence-corrected chi connectivity index (χ0v) is 10.5. The quantitative estimate of drug-likeness (QED) is 0.613. The van der Waals surface area contributed by atoms with Gasteiger partial charge in [-0.15, -0.1) is 0 Å². The van der Waals surface area contributed by atoms with E-state index in [1.807, 2.05) is 6.92 Å². The van der Waals surface area contributed by atoms with E-state index in [9.17, 15) is 15.2 Å². The highest BCUT2D eigenvalue weighted by atomic mass is 16.6. The number of hydrogen-bond donors (Lipinski definition) is 2. The standard InChI is InChI=1S/C12H15N3O4/c1-2-4-8(16)7-13-12-14-11-9(15(17)18)5-3-6-10(11)19-12/h3,5-6,8,16H,2,4,7H2,1H3,(H,13,14). The van der Waals surface area contributed by atoms with Crippen LogP contribution in [0.25, 0.3) is 11.1 Å². The summed E-state index contributed by atoms with van der Waals surface area (Å²) in [6.07, 6.45) is 1.06. The Kier molecular flexibility index (Phi) is 3.96. The second-order valence-electron chi connectivity index (χ2n) is 4.22. The van der Waals surface area contributed by atoms with E-state index in [4.69, 9.17) is 4.42 Å². The molecule has 1 aromatic heterocycles. The third kappa shape index (κ3) is 3.00. The molecule has 2 N–H and O–H groups in total. The molecular weight excluding hydrogens is 250 g/mol. The van der Waals surface area contributed by atoms with Gasteiger partial charge < -0.3 is 14.8 Å². The summed E-state index contributed by atoms with van der Waals surface area (Å²) in [5.74, 6) is 0. The van der Waals surface area contributed by atoms with E-state index in [2.05, 4.69) is 10.3 Å². The van der Waals surface area contributed by atoms with E-state index in [0.717, 1.165) is 6.42 Å². The first kappa shape index (κ1) is 13.3. The Hall–Kier alpha value is -2.15. The number of oxazole rings is 1. The van der Waals surface area contributed by atoms with Crippen molar-refractivity contribution >= 4 is 22.8 Å². The van der Waals surface area contributed by atoms with Crippen LogP contribution in [-0.2, 0) is 0 Å². The summed E-state index contributed by atoms with van der Waals surface area (Å²) in [5, 5.41) is 23.3. The van der Waals surface area contributed by atoms with Crippen LogP contribution in [0.1, 0.15) is 19.8 Å². The van der Waals surface area contributed by atoms with Crippen LogP contribution in [0.3, 0.4) is 0 Å². The predicted molar refractivity (Wildman–Crippen MR) is 70.1 cm³/mol. The molecule has 0 spiro atoms. The smallest absolute Gasteiger partial charge is 0.298 e. The average Bonchev–Trinajstić information content (AvgIpc) is 2.79. The fraction of sp³-hybridized carbons (Fsp3) is 0.417. The summed E-state index contributed by atoms with van der Waals surface area (Å²) in [5.41, 5.74) is 0.463. The maximum Gasteiger partial charge on any atom is 0.298 e. The molecule has 0 bridgehead atoms. The Labute approximate surface area is 109 Å². The summed E-state index contributed by atoms with van der Waals surface area (Å²) in [6, 6.07) is 4.71. The van der Waals surface area contributed by atoms with Crippen molar-refractivity contribution in [2.24, 2.45) is 0 Å². The molecule has 0 saturated carbocycles. The minimum absolute atomic E-state index is 0.0941. The van der Waals surface area contributed by atoms with Gasteiger partial charge in [0.1, 0.15) is 0 Å². The Bertz CT molecular complexity index is 581. The summed E-state index contributed by atoms with van der Waals surface area (Å²) >= 11 is 0. The van der Waals surface area contributed by atoms with Crippen LogP contribution in [0.4, 0.5) is 11.7 Å². The molecule has 0 radical (unpaired) electrons. The fourth-order valence-corrected chi connectivity index (χ4v) is 1.80. The van der Waals surface area contributed by atoms with Crippen LogP contribution >= 0.6 is 0 Å². The van der Waals surface area contributed by atoms with E-state index >= 15 is 0 Å². The lowest BCUT2D eigenvalue weighted by molar-refractivity contribution is -0.383. The molecule has 2 aromatic rings. The number of aliphatic hydroxyl groups excluding tert-OH is 1. The molecule has 1 unspecified atom stereocenters. The maximum absolute atomic E-state index is 10.8. The number of hydrogen-bond acceptors (Lipinski definition) is 6. The lowest BCUT2D eigenvalue weighted by atomic mass is 10.2.